The molecule has 2 heterocycles. The molecule has 1 unspecified atom stereocenters. The van der Waals surface area contributed by atoms with Gasteiger partial charge in [-0.05, 0) is 48.7 Å². The maximum Gasteiger partial charge on any atom is 0.102 e. The molecule has 0 bridgehead atoms. The van der Waals surface area contributed by atoms with Crippen molar-refractivity contribution in [2.24, 2.45) is 0 Å². The van der Waals surface area contributed by atoms with Crippen LogP contribution in [0.1, 0.15) is 18.4 Å². The lowest BCUT2D eigenvalue weighted by Crippen LogP contribution is -2.38. The summed E-state index contributed by atoms with van der Waals surface area (Å²) >= 11 is 12.2. The van der Waals surface area contributed by atoms with Gasteiger partial charge in [-0.1, -0.05) is 35.3 Å². The Kier molecular flexibility index (Phi) is 3.24. The van der Waals surface area contributed by atoms with E-state index < -0.39 is 0 Å². The smallest absolute Gasteiger partial charge is 0.102 e. The van der Waals surface area contributed by atoms with Gasteiger partial charge in [-0.3, -0.25) is 0 Å². The number of nitrogens with zero attached hydrogens (tertiary/aromatic N) is 2. The molecule has 0 saturated carbocycles. The van der Waals surface area contributed by atoms with Crippen LogP contribution < -0.4 is 9.80 Å². The molecule has 2 aliphatic rings. The third-order valence-electron chi connectivity index (χ3n) is 4.40. The van der Waals surface area contributed by atoms with E-state index in [1.807, 2.05) is 18.2 Å². The van der Waals surface area contributed by atoms with Crippen molar-refractivity contribution in [1.29, 1.82) is 0 Å². The molecule has 2 nitrogen and oxygen atoms in total. The Morgan fingerprint density at radius 3 is 2.52 bits per heavy atom. The number of hydrogen-bond donors (Lipinski definition) is 0. The quantitative estimate of drug-likeness (QED) is 0.773. The van der Waals surface area contributed by atoms with E-state index in [0.717, 1.165) is 23.1 Å². The highest BCUT2D eigenvalue weighted by atomic mass is 35.5. The largest absolute Gasteiger partial charge is 0.349 e. The summed E-state index contributed by atoms with van der Waals surface area (Å²) in [6, 6.07) is 14.3. The van der Waals surface area contributed by atoms with Crippen LogP contribution in [0.4, 0.5) is 11.4 Å². The molecule has 0 amide bonds. The Morgan fingerprint density at radius 1 is 0.952 bits per heavy atom. The van der Waals surface area contributed by atoms with Crippen molar-refractivity contribution in [3.8, 4) is 0 Å². The lowest BCUT2D eigenvalue weighted by atomic mass is 10.1. The second-order valence-corrected chi connectivity index (χ2v) is 6.58. The Balaban J connectivity index is 1.71. The van der Waals surface area contributed by atoms with Crippen molar-refractivity contribution in [2.75, 3.05) is 16.3 Å². The molecule has 0 spiro atoms. The number of rotatable bonds is 2. The van der Waals surface area contributed by atoms with Gasteiger partial charge >= 0.3 is 0 Å². The molecular formula is C17H16Cl2N2. The van der Waals surface area contributed by atoms with Crippen LogP contribution in [0.2, 0.25) is 10.0 Å². The SMILES string of the molecule is Clc1ccc(CN2c3cc(Cl)ccc3N3CCCC32)cc1. The minimum atomic E-state index is 0.467. The molecule has 2 aliphatic heterocycles. The van der Waals surface area contributed by atoms with Gasteiger partial charge in [0.2, 0.25) is 0 Å². The van der Waals surface area contributed by atoms with Gasteiger partial charge in [0.1, 0.15) is 6.17 Å². The van der Waals surface area contributed by atoms with E-state index in [1.54, 1.807) is 0 Å². The average Bonchev–Trinajstić information content (AvgIpc) is 3.04. The third-order valence-corrected chi connectivity index (χ3v) is 4.89. The van der Waals surface area contributed by atoms with Crippen molar-refractivity contribution < 1.29 is 0 Å². The second kappa shape index (κ2) is 5.11. The lowest BCUT2D eigenvalue weighted by molar-refractivity contribution is 0.634. The highest BCUT2D eigenvalue weighted by molar-refractivity contribution is 6.31. The summed E-state index contributed by atoms with van der Waals surface area (Å²) in [6.45, 7) is 2.03. The van der Waals surface area contributed by atoms with Gasteiger partial charge < -0.3 is 9.80 Å². The van der Waals surface area contributed by atoms with E-state index in [0.29, 0.717) is 6.17 Å². The predicted octanol–water partition coefficient (Wildman–Crippen LogP) is 4.94. The van der Waals surface area contributed by atoms with Crippen molar-refractivity contribution >= 4 is 34.6 Å². The highest BCUT2D eigenvalue weighted by Crippen LogP contribution is 2.45. The standard InChI is InChI=1S/C17H16Cl2N2/c18-13-5-3-12(4-6-13)11-21-16-10-14(19)7-8-15(16)20-9-1-2-17(20)21/h3-8,10,17H,1-2,9,11H2. The lowest BCUT2D eigenvalue weighted by Gasteiger charge is -2.27. The fraction of sp³-hybridized carbons (Fsp3) is 0.294. The highest BCUT2D eigenvalue weighted by Gasteiger charge is 2.38. The number of benzene rings is 2. The van der Waals surface area contributed by atoms with Gasteiger partial charge in [-0.25, -0.2) is 0 Å². The number of fused-ring (bicyclic) bond motifs is 3. The van der Waals surface area contributed by atoms with Gasteiger partial charge in [0, 0.05) is 23.1 Å². The Labute approximate surface area is 134 Å². The van der Waals surface area contributed by atoms with Crippen molar-refractivity contribution in [2.45, 2.75) is 25.6 Å². The topological polar surface area (TPSA) is 6.48 Å². The fourth-order valence-electron chi connectivity index (χ4n) is 3.46. The van der Waals surface area contributed by atoms with Gasteiger partial charge in [-0.2, -0.15) is 0 Å². The Hall–Kier alpha value is -1.38. The van der Waals surface area contributed by atoms with Crippen molar-refractivity contribution in [3.63, 3.8) is 0 Å². The first kappa shape index (κ1) is 13.3. The van der Waals surface area contributed by atoms with E-state index in [9.17, 15) is 0 Å². The number of anilines is 2. The molecule has 1 saturated heterocycles. The Morgan fingerprint density at radius 2 is 1.71 bits per heavy atom. The van der Waals surface area contributed by atoms with Gasteiger partial charge in [0.05, 0.1) is 11.4 Å². The van der Waals surface area contributed by atoms with Crippen LogP contribution in [-0.4, -0.2) is 12.7 Å². The minimum absolute atomic E-state index is 0.467. The average molecular weight is 319 g/mol. The summed E-state index contributed by atoms with van der Waals surface area (Å²) in [6.07, 6.45) is 2.93. The van der Waals surface area contributed by atoms with E-state index >= 15 is 0 Å². The molecule has 4 heteroatoms. The van der Waals surface area contributed by atoms with E-state index in [2.05, 4.69) is 34.1 Å². The van der Waals surface area contributed by atoms with Gasteiger partial charge in [-0.15, -0.1) is 0 Å². The second-order valence-electron chi connectivity index (χ2n) is 5.70. The predicted molar refractivity (Wildman–Crippen MR) is 89.5 cm³/mol. The first-order chi connectivity index (χ1) is 10.2. The van der Waals surface area contributed by atoms with Crippen LogP contribution in [0, 0.1) is 0 Å². The van der Waals surface area contributed by atoms with Crippen LogP contribution >= 0.6 is 23.2 Å². The third kappa shape index (κ3) is 2.27. The summed E-state index contributed by atoms with van der Waals surface area (Å²) in [5.41, 5.74) is 3.84. The van der Waals surface area contributed by atoms with Crippen molar-refractivity contribution in [1.82, 2.24) is 0 Å². The van der Waals surface area contributed by atoms with Gasteiger partial charge in [0.15, 0.2) is 0 Å². The summed E-state index contributed by atoms with van der Waals surface area (Å²) < 4.78 is 0. The zero-order valence-corrected chi connectivity index (χ0v) is 13.1. The zero-order valence-electron chi connectivity index (χ0n) is 11.6. The van der Waals surface area contributed by atoms with Crippen molar-refractivity contribution in [3.05, 3.63) is 58.1 Å². The first-order valence-corrected chi connectivity index (χ1v) is 8.05. The zero-order chi connectivity index (χ0) is 14.4. The molecule has 4 rings (SSSR count). The molecule has 108 valence electrons. The molecular weight excluding hydrogens is 303 g/mol. The van der Waals surface area contributed by atoms with E-state index in [-0.39, 0.29) is 0 Å². The van der Waals surface area contributed by atoms with Gasteiger partial charge in [0.25, 0.3) is 0 Å². The first-order valence-electron chi connectivity index (χ1n) is 7.30. The normalized spacial score (nSPS) is 19.8. The molecule has 0 aromatic heterocycles. The van der Waals surface area contributed by atoms with Crippen LogP contribution in [0.25, 0.3) is 0 Å². The number of halogens is 2. The minimum Gasteiger partial charge on any atom is -0.349 e. The molecule has 0 radical (unpaired) electrons. The number of hydrogen-bond acceptors (Lipinski definition) is 2. The Bertz CT molecular complexity index is 669. The molecule has 0 aliphatic carbocycles. The molecule has 2 aromatic rings. The van der Waals surface area contributed by atoms with E-state index in [4.69, 9.17) is 23.2 Å². The molecule has 0 N–H and O–H groups in total. The molecule has 21 heavy (non-hydrogen) atoms. The molecule has 2 aromatic carbocycles. The summed E-state index contributed by atoms with van der Waals surface area (Å²) in [4.78, 5) is 4.97. The monoisotopic (exact) mass is 318 g/mol. The summed E-state index contributed by atoms with van der Waals surface area (Å²) in [5.74, 6) is 0. The summed E-state index contributed by atoms with van der Waals surface area (Å²) in [5, 5.41) is 1.59. The molecule has 1 atom stereocenters. The summed E-state index contributed by atoms with van der Waals surface area (Å²) in [7, 11) is 0. The van der Waals surface area contributed by atoms with Crippen LogP contribution in [0.15, 0.2) is 42.5 Å². The van der Waals surface area contributed by atoms with E-state index in [1.165, 1.54) is 29.8 Å². The van der Waals surface area contributed by atoms with Crippen LogP contribution in [0.5, 0.6) is 0 Å². The van der Waals surface area contributed by atoms with Crippen LogP contribution in [0.3, 0.4) is 0 Å². The fourth-order valence-corrected chi connectivity index (χ4v) is 3.75. The van der Waals surface area contributed by atoms with Crippen LogP contribution in [-0.2, 0) is 6.54 Å². The maximum atomic E-state index is 6.21. The maximum absolute atomic E-state index is 6.21. The molecule has 1 fully saturated rings.